The summed E-state index contributed by atoms with van der Waals surface area (Å²) in [5, 5.41) is 19.9. The van der Waals surface area contributed by atoms with E-state index in [1.54, 1.807) is 28.9 Å². The van der Waals surface area contributed by atoms with E-state index < -0.39 is 5.82 Å². The number of aliphatic hydroxyl groups is 1. The van der Waals surface area contributed by atoms with Crippen molar-refractivity contribution in [2.75, 3.05) is 25.0 Å². The molecule has 1 amide bonds. The average molecular weight is 478 g/mol. The Balaban J connectivity index is 1.78. The summed E-state index contributed by atoms with van der Waals surface area (Å²) in [6, 6.07) is 11.6. The molecule has 0 fully saturated rings. The zero-order valence-corrected chi connectivity index (χ0v) is 19.9. The van der Waals surface area contributed by atoms with E-state index in [0.29, 0.717) is 47.9 Å². The van der Waals surface area contributed by atoms with Gasteiger partial charge in [-0.1, -0.05) is 12.1 Å². The first-order valence-corrected chi connectivity index (χ1v) is 11.5. The molecule has 0 saturated heterocycles. The van der Waals surface area contributed by atoms with Crippen LogP contribution in [0, 0.1) is 19.7 Å². The SMILES string of the molecule is CCNC(=O)c1ccc(-c2cnc3c(NCCCO)cc(Oc4cc(F)ccc4C)nn23)cc1C. The number of aryl methyl sites for hydroxylation is 2. The van der Waals surface area contributed by atoms with Crippen molar-refractivity contribution < 1.29 is 19.0 Å². The van der Waals surface area contributed by atoms with Crippen LogP contribution in [0.4, 0.5) is 10.1 Å². The number of nitrogens with one attached hydrogen (secondary N) is 2. The van der Waals surface area contributed by atoms with Gasteiger partial charge in [0.05, 0.1) is 17.6 Å². The van der Waals surface area contributed by atoms with Crippen molar-refractivity contribution in [3.05, 3.63) is 71.2 Å². The van der Waals surface area contributed by atoms with Gasteiger partial charge in [-0.2, -0.15) is 0 Å². The van der Waals surface area contributed by atoms with Gasteiger partial charge in [-0.05, 0) is 56.5 Å². The van der Waals surface area contributed by atoms with Crippen molar-refractivity contribution in [1.29, 1.82) is 0 Å². The monoisotopic (exact) mass is 477 g/mol. The maximum absolute atomic E-state index is 13.8. The highest BCUT2D eigenvalue weighted by molar-refractivity contribution is 5.96. The predicted octanol–water partition coefficient (Wildman–Crippen LogP) is 4.49. The van der Waals surface area contributed by atoms with Gasteiger partial charge in [-0.15, -0.1) is 5.10 Å². The van der Waals surface area contributed by atoms with E-state index in [4.69, 9.17) is 4.74 Å². The van der Waals surface area contributed by atoms with Crippen LogP contribution < -0.4 is 15.4 Å². The van der Waals surface area contributed by atoms with Gasteiger partial charge in [-0.3, -0.25) is 4.79 Å². The van der Waals surface area contributed by atoms with Crippen molar-refractivity contribution in [2.24, 2.45) is 0 Å². The van der Waals surface area contributed by atoms with Gasteiger partial charge in [0, 0.05) is 43.0 Å². The van der Waals surface area contributed by atoms with E-state index in [-0.39, 0.29) is 18.4 Å². The summed E-state index contributed by atoms with van der Waals surface area (Å²) in [5.74, 6) is 0.0953. The summed E-state index contributed by atoms with van der Waals surface area (Å²) in [5.41, 5.74) is 4.98. The molecule has 2 heterocycles. The molecule has 3 N–H and O–H groups in total. The van der Waals surface area contributed by atoms with Crippen molar-refractivity contribution >= 4 is 17.2 Å². The Morgan fingerprint density at radius 2 is 1.97 bits per heavy atom. The van der Waals surface area contributed by atoms with Crippen molar-refractivity contribution in [1.82, 2.24) is 19.9 Å². The second-order valence-electron chi connectivity index (χ2n) is 8.18. The number of hydrogen-bond acceptors (Lipinski definition) is 6. The third-order valence-electron chi connectivity index (χ3n) is 5.56. The standard InChI is InChI=1S/C26H28FN5O3/c1-4-28-26(34)20-9-7-18(12-17(20)3)22-15-30-25-21(29-10-5-11-33)14-24(31-32(22)25)35-23-13-19(27)8-6-16(23)2/h6-9,12-15,29,33H,4-5,10-11H2,1-3H3,(H,28,34). The minimum atomic E-state index is -0.404. The van der Waals surface area contributed by atoms with E-state index in [9.17, 15) is 14.3 Å². The molecule has 4 rings (SSSR count). The molecule has 0 aliphatic carbocycles. The van der Waals surface area contributed by atoms with Gasteiger partial charge in [0.1, 0.15) is 11.6 Å². The lowest BCUT2D eigenvalue weighted by Crippen LogP contribution is -2.23. The maximum Gasteiger partial charge on any atom is 0.251 e. The fourth-order valence-corrected chi connectivity index (χ4v) is 3.76. The summed E-state index contributed by atoms with van der Waals surface area (Å²) in [4.78, 5) is 16.9. The number of halogens is 1. The van der Waals surface area contributed by atoms with Crippen LogP contribution in [0.1, 0.15) is 34.8 Å². The number of rotatable bonds is 9. The van der Waals surface area contributed by atoms with Crippen LogP contribution in [-0.2, 0) is 0 Å². The molecule has 35 heavy (non-hydrogen) atoms. The van der Waals surface area contributed by atoms with E-state index in [0.717, 1.165) is 16.7 Å². The van der Waals surface area contributed by atoms with Crippen LogP contribution >= 0.6 is 0 Å². The number of aromatic nitrogens is 3. The van der Waals surface area contributed by atoms with Gasteiger partial charge in [-0.25, -0.2) is 13.9 Å². The number of amides is 1. The quantitative estimate of drug-likeness (QED) is 0.307. The average Bonchev–Trinajstić information content (AvgIpc) is 3.26. The summed E-state index contributed by atoms with van der Waals surface area (Å²) in [6.45, 7) is 6.72. The lowest BCUT2D eigenvalue weighted by Gasteiger charge is -2.13. The number of nitrogens with zero attached hydrogens (tertiary/aromatic N) is 3. The van der Waals surface area contributed by atoms with Crippen molar-refractivity contribution in [2.45, 2.75) is 27.2 Å². The van der Waals surface area contributed by atoms with E-state index in [1.807, 2.05) is 32.9 Å². The predicted molar refractivity (Wildman–Crippen MR) is 133 cm³/mol. The number of carbonyl (C=O) groups is 1. The molecule has 8 nitrogen and oxygen atoms in total. The van der Waals surface area contributed by atoms with Gasteiger partial charge in [0.2, 0.25) is 5.88 Å². The number of imidazole rings is 1. The topological polar surface area (TPSA) is 101 Å². The van der Waals surface area contributed by atoms with E-state index >= 15 is 0 Å². The maximum atomic E-state index is 13.8. The molecule has 9 heteroatoms. The number of fused-ring (bicyclic) bond motifs is 1. The zero-order valence-electron chi connectivity index (χ0n) is 19.9. The summed E-state index contributed by atoms with van der Waals surface area (Å²) < 4.78 is 21.4. The number of aliphatic hydroxyl groups excluding tert-OH is 1. The third-order valence-corrected chi connectivity index (χ3v) is 5.56. The fraction of sp³-hybridized carbons (Fsp3) is 0.269. The lowest BCUT2D eigenvalue weighted by molar-refractivity contribution is 0.0955. The summed E-state index contributed by atoms with van der Waals surface area (Å²) in [6.07, 6.45) is 2.26. The number of hydrogen-bond donors (Lipinski definition) is 3. The number of anilines is 1. The number of ether oxygens (including phenoxy) is 1. The smallest absolute Gasteiger partial charge is 0.251 e. The van der Waals surface area contributed by atoms with E-state index in [1.165, 1.54) is 12.1 Å². The molecule has 0 atom stereocenters. The highest BCUT2D eigenvalue weighted by Gasteiger charge is 2.16. The van der Waals surface area contributed by atoms with Crippen molar-refractivity contribution in [3.8, 4) is 22.9 Å². The minimum absolute atomic E-state index is 0.0527. The van der Waals surface area contributed by atoms with Gasteiger partial charge < -0.3 is 20.5 Å². The first-order chi connectivity index (χ1) is 16.9. The van der Waals surface area contributed by atoms with Crippen molar-refractivity contribution in [3.63, 3.8) is 0 Å². The second-order valence-corrected chi connectivity index (χ2v) is 8.18. The van der Waals surface area contributed by atoms with Crippen LogP contribution in [0.15, 0.2) is 48.7 Å². The Kier molecular flexibility index (Phi) is 7.26. The molecular formula is C26H28FN5O3. The van der Waals surface area contributed by atoms with Crippen LogP contribution in [0.2, 0.25) is 0 Å². The number of carbonyl (C=O) groups excluding carboxylic acids is 1. The molecule has 0 saturated carbocycles. The Morgan fingerprint density at radius 3 is 2.71 bits per heavy atom. The highest BCUT2D eigenvalue weighted by atomic mass is 19.1. The molecule has 0 radical (unpaired) electrons. The fourth-order valence-electron chi connectivity index (χ4n) is 3.76. The largest absolute Gasteiger partial charge is 0.437 e. The van der Waals surface area contributed by atoms with Crippen LogP contribution in [0.3, 0.4) is 0 Å². The lowest BCUT2D eigenvalue weighted by atomic mass is 10.0. The Labute approximate surface area is 202 Å². The number of benzene rings is 2. The Bertz CT molecular complexity index is 1370. The first-order valence-electron chi connectivity index (χ1n) is 11.5. The van der Waals surface area contributed by atoms with Gasteiger partial charge in [0.15, 0.2) is 5.65 Å². The molecule has 2 aromatic carbocycles. The third kappa shape index (κ3) is 5.25. The van der Waals surface area contributed by atoms with Gasteiger partial charge in [0.25, 0.3) is 5.91 Å². The molecule has 0 unspecified atom stereocenters. The first kappa shape index (κ1) is 24.2. The molecule has 4 aromatic rings. The molecule has 2 aromatic heterocycles. The Morgan fingerprint density at radius 1 is 1.14 bits per heavy atom. The molecular weight excluding hydrogens is 449 g/mol. The van der Waals surface area contributed by atoms with Gasteiger partial charge >= 0.3 is 0 Å². The van der Waals surface area contributed by atoms with E-state index in [2.05, 4.69) is 20.7 Å². The minimum Gasteiger partial charge on any atom is -0.437 e. The van der Waals surface area contributed by atoms with Crippen LogP contribution in [0.25, 0.3) is 16.9 Å². The van der Waals surface area contributed by atoms with Crippen LogP contribution in [0.5, 0.6) is 11.6 Å². The van der Waals surface area contributed by atoms with Crippen LogP contribution in [-0.4, -0.2) is 45.3 Å². The highest BCUT2D eigenvalue weighted by Crippen LogP contribution is 2.31. The molecule has 0 spiro atoms. The summed E-state index contributed by atoms with van der Waals surface area (Å²) in [7, 11) is 0. The molecule has 0 aliphatic rings. The molecule has 0 aliphatic heterocycles. The molecule has 182 valence electrons. The normalized spacial score (nSPS) is 11.0. The summed E-state index contributed by atoms with van der Waals surface area (Å²) >= 11 is 0. The zero-order chi connectivity index (χ0) is 24.9. The second kappa shape index (κ2) is 10.5. The molecule has 0 bridgehead atoms. The Hall–Kier alpha value is -3.98.